The molecule has 8 rings (SSSR count). The lowest BCUT2D eigenvalue weighted by molar-refractivity contribution is 0.101. The van der Waals surface area contributed by atoms with Crippen molar-refractivity contribution >= 4 is 45.3 Å². The highest BCUT2D eigenvalue weighted by atomic mass is 16.5. The molecule has 0 fully saturated rings. The molecular formula is C42H36N8O4. The molecule has 0 aliphatic rings. The SMILES string of the molecule is COc1ccccc1C(=O)Nc1ccc2c(c1)nc(-c1cccnc1)n2C.COc1ccccc1C(=O)Nc1ccc2nc(-c3cccnc3)n(C)c2c1. The van der Waals surface area contributed by atoms with E-state index in [1.54, 1.807) is 69.3 Å². The highest BCUT2D eigenvalue weighted by molar-refractivity contribution is 6.07. The lowest BCUT2D eigenvalue weighted by Gasteiger charge is -2.09. The lowest BCUT2D eigenvalue weighted by atomic mass is 10.2. The van der Waals surface area contributed by atoms with E-state index < -0.39 is 0 Å². The van der Waals surface area contributed by atoms with Gasteiger partial charge in [0.05, 0.1) is 47.4 Å². The summed E-state index contributed by atoms with van der Waals surface area (Å²) in [5.74, 6) is 2.28. The Hall–Kier alpha value is -7.34. The standard InChI is InChI=1S/2C21H18N4O2/c1-25-18-10-9-15(23-21(26)16-7-3-4-8-19(16)27-2)12-17(18)24-20(25)14-6-5-11-22-13-14;1-25-18-12-15(23-21(26)16-7-3-4-8-19(16)27-2)9-10-17(18)24-20(25)14-6-5-11-22-13-14/h2*3-13H,1-2H3,(H,23,26). The van der Waals surface area contributed by atoms with E-state index in [1.807, 2.05) is 102 Å². The second-order valence-electron chi connectivity index (χ2n) is 12.2. The molecular weight excluding hydrogens is 681 g/mol. The molecule has 0 bridgehead atoms. The summed E-state index contributed by atoms with van der Waals surface area (Å²) in [6.07, 6.45) is 7.03. The summed E-state index contributed by atoms with van der Waals surface area (Å²) in [5, 5.41) is 5.84. The first-order valence-electron chi connectivity index (χ1n) is 17.0. The number of rotatable bonds is 8. The number of anilines is 2. The second kappa shape index (κ2) is 15.5. The van der Waals surface area contributed by atoms with Crippen molar-refractivity contribution in [3.8, 4) is 34.3 Å². The molecule has 0 aliphatic heterocycles. The molecule has 2 N–H and O–H groups in total. The molecule has 0 spiro atoms. The fraction of sp³-hybridized carbons (Fsp3) is 0.0952. The van der Waals surface area contributed by atoms with Crippen LogP contribution in [0.15, 0.2) is 134 Å². The highest BCUT2D eigenvalue weighted by Gasteiger charge is 2.16. The summed E-state index contributed by atoms with van der Waals surface area (Å²) in [4.78, 5) is 42.9. The number of benzene rings is 4. The number of fused-ring (bicyclic) bond motifs is 2. The van der Waals surface area contributed by atoms with Crippen LogP contribution in [0, 0.1) is 0 Å². The summed E-state index contributed by atoms with van der Waals surface area (Å²) in [6.45, 7) is 0. The number of methoxy groups -OCH3 is 2. The van der Waals surface area contributed by atoms with Gasteiger partial charge in [-0.15, -0.1) is 0 Å². The first kappa shape index (κ1) is 35.1. The van der Waals surface area contributed by atoms with Gasteiger partial charge in [-0.2, -0.15) is 0 Å². The van der Waals surface area contributed by atoms with Crippen LogP contribution in [0.1, 0.15) is 20.7 Å². The van der Waals surface area contributed by atoms with Gasteiger partial charge >= 0.3 is 0 Å². The molecule has 4 heterocycles. The molecule has 8 aromatic rings. The normalized spacial score (nSPS) is 10.7. The number of aryl methyl sites for hydroxylation is 2. The number of nitrogens with one attached hydrogen (secondary N) is 2. The lowest BCUT2D eigenvalue weighted by Crippen LogP contribution is -2.13. The molecule has 0 unspecified atom stereocenters. The molecule has 0 radical (unpaired) electrons. The van der Waals surface area contributed by atoms with Crippen molar-refractivity contribution in [2.75, 3.05) is 24.9 Å². The Balaban J connectivity index is 0.000000167. The van der Waals surface area contributed by atoms with Crippen molar-refractivity contribution in [3.63, 3.8) is 0 Å². The van der Waals surface area contributed by atoms with Crippen LogP contribution in [0.5, 0.6) is 11.5 Å². The molecule has 4 aromatic carbocycles. The molecule has 4 aromatic heterocycles. The van der Waals surface area contributed by atoms with Crippen LogP contribution < -0.4 is 20.1 Å². The van der Waals surface area contributed by atoms with Crippen LogP contribution in [-0.2, 0) is 14.1 Å². The molecule has 0 saturated heterocycles. The van der Waals surface area contributed by atoms with Gasteiger partial charge in [-0.05, 0) is 84.9 Å². The smallest absolute Gasteiger partial charge is 0.259 e. The van der Waals surface area contributed by atoms with Crippen molar-refractivity contribution < 1.29 is 19.1 Å². The van der Waals surface area contributed by atoms with Crippen molar-refractivity contribution in [1.82, 2.24) is 29.1 Å². The van der Waals surface area contributed by atoms with Gasteiger partial charge in [0.15, 0.2) is 0 Å². The summed E-state index contributed by atoms with van der Waals surface area (Å²) < 4.78 is 14.5. The Morgan fingerprint density at radius 2 is 1.06 bits per heavy atom. The topological polar surface area (TPSA) is 138 Å². The predicted octanol–water partition coefficient (Wildman–Crippen LogP) is 7.79. The number of carbonyl (C=O) groups excluding carboxylic acids is 2. The third-order valence-corrected chi connectivity index (χ3v) is 8.82. The predicted molar refractivity (Wildman–Crippen MR) is 210 cm³/mol. The number of carbonyl (C=O) groups is 2. The molecule has 0 atom stereocenters. The molecule has 12 heteroatoms. The minimum Gasteiger partial charge on any atom is -0.496 e. The van der Waals surface area contributed by atoms with E-state index in [0.717, 1.165) is 44.8 Å². The number of imidazole rings is 2. The van der Waals surface area contributed by atoms with Crippen molar-refractivity contribution in [1.29, 1.82) is 0 Å². The van der Waals surface area contributed by atoms with Gasteiger partial charge in [-0.25, -0.2) is 9.97 Å². The minimum absolute atomic E-state index is 0.221. The van der Waals surface area contributed by atoms with E-state index in [4.69, 9.17) is 14.5 Å². The van der Waals surface area contributed by atoms with Crippen molar-refractivity contribution in [3.05, 3.63) is 145 Å². The number of hydrogen-bond acceptors (Lipinski definition) is 8. The maximum atomic E-state index is 12.6. The van der Waals surface area contributed by atoms with E-state index in [-0.39, 0.29) is 11.8 Å². The third-order valence-electron chi connectivity index (χ3n) is 8.82. The van der Waals surface area contributed by atoms with Gasteiger partial charge < -0.3 is 29.2 Å². The maximum Gasteiger partial charge on any atom is 0.259 e. The van der Waals surface area contributed by atoms with Crippen molar-refractivity contribution in [2.24, 2.45) is 14.1 Å². The van der Waals surface area contributed by atoms with Gasteiger partial charge in [0.25, 0.3) is 11.8 Å². The first-order chi connectivity index (χ1) is 26.3. The highest BCUT2D eigenvalue weighted by Crippen LogP contribution is 2.28. The maximum absolute atomic E-state index is 12.6. The average molecular weight is 717 g/mol. The molecule has 12 nitrogen and oxygen atoms in total. The Morgan fingerprint density at radius 3 is 1.59 bits per heavy atom. The van der Waals surface area contributed by atoms with E-state index in [9.17, 15) is 9.59 Å². The van der Waals surface area contributed by atoms with E-state index in [2.05, 4.69) is 25.6 Å². The molecule has 0 aliphatic carbocycles. The number of hydrogen-bond donors (Lipinski definition) is 2. The minimum atomic E-state index is -0.227. The third kappa shape index (κ3) is 7.21. The Kier molecular flexibility index (Phi) is 10.1. The largest absolute Gasteiger partial charge is 0.496 e. The zero-order valence-electron chi connectivity index (χ0n) is 30.0. The fourth-order valence-corrected chi connectivity index (χ4v) is 6.11. The Bertz CT molecular complexity index is 2560. The molecule has 2 amide bonds. The number of ether oxygens (including phenoxy) is 2. The second-order valence-corrected chi connectivity index (χ2v) is 12.2. The van der Waals surface area contributed by atoms with Crippen LogP contribution in [0.3, 0.4) is 0 Å². The fourth-order valence-electron chi connectivity index (χ4n) is 6.11. The summed E-state index contributed by atoms with van der Waals surface area (Å²) in [5.41, 5.74) is 7.77. The zero-order chi connectivity index (χ0) is 37.6. The van der Waals surface area contributed by atoms with Crippen LogP contribution in [0.4, 0.5) is 11.4 Å². The average Bonchev–Trinajstić information content (AvgIpc) is 3.73. The monoisotopic (exact) mass is 716 g/mol. The van der Waals surface area contributed by atoms with Gasteiger partial charge in [0.2, 0.25) is 0 Å². The van der Waals surface area contributed by atoms with Gasteiger partial charge in [0.1, 0.15) is 23.1 Å². The Labute approximate surface area is 311 Å². The number of amides is 2. The summed E-state index contributed by atoms with van der Waals surface area (Å²) in [6, 6.07) is 33.3. The van der Waals surface area contributed by atoms with Crippen molar-refractivity contribution in [2.45, 2.75) is 0 Å². The number of para-hydroxylation sites is 2. The van der Waals surface area contributed by atoms with E-state index >= 15 is 0 Å². The zero-order valence-corrected chi connectivity index (χ0v) is 30.0. The van der Waals surface area contributed by atoms with E-state index in [1.165, 1.54) is 0 Å². The van der Waals surface area contributed by atoms with Crippen LogP contribution >= 0.6 is 0 Å². The first-order valence-corrected chi connectivity index (χ1v) is 17.0. The van der Waals surface area contributed by atoms with Crippen LogP contribution in [0.2, 0.25) is 0 Å². The summed E-state index contributed by atoms with van der Waals surface area (Å²) >= 11 is 0. The van der Waals surface area contributed by atoms with Gasteiger partial charge in [-0.1, -0.05) is 24.3 Å². The van der Waals surface area contributed by atoms with Gasteiger partial charge in [0, 0.05) is 61.4 Å². The van der Waals surface area contributed by atoms with Crippen LogP contribution in [-0.4, -0.2) is 55.1 Å². The van der Waals surface area contributed by atoms with Crippen LogP contribution in [0.25, 0.3) is 44.8 Å². The molecule has 268 valence electrons. The van der Waals surface area contributed by atoms with Gasteiger partial charge in [-0.3, -0.25) is 19.6 Å². The number of pyridine rings is 2. The Morgan fingerprint density at radius 1 is 0.556 bits per heavy atom. The quantitative estimate of drug-likeness (QED) is 0.163. The van der Waals surface area contributed by atoms with E-state index in [0.29, 0.717) is 34.0 Å². The summed E-state index contributed by atoms with van der Waals surface area (Å²) in [7, 11) is 7.01. The number of aromatic nitrogens is 6. The molecule has 0 saturated carbocycles. The molecule has 54 heavy (non-hydrogen) atoms. The number of nitrogens with zero attached hydrogens (tertiary/aromatic N) is 6.